The number of hydrogen-bond acceptors (Lipinski definition) is 4. The highest BCUT2D eigenvalue weighted by Crippen LogP contribution is 2.28. The molecule has 2 aromatic rings. The number of nitrogens with zero attached hydrogens (tertiary/aromatic N) is 3. The van der Waals surface area contributed by atoms with E-state index < -0.39 is 11.8 Å². The number of carbonyl (C=O) groups excluding carboxylic acids is 2. The van der Waals surface area contributed by atoms with Crippen LogP contribution in [0.3, 0.4) is 0 Å². The van der Waals surface area contributed by atoms with Crippen LogP contribution in [-0.2, 0) is 9.53 Å². The Balaban J connectivity index is 1.79. The SMILES string of the molecule is CCOC(=O)CN(C(=O)c1ccn(-c2ccccc2F)n1)C1CC1. The van der Waals surface area contributed by atoms with Crippen LogP contribution in [0.1, 0.15) is 30.3 Å². The Labute approximate surface area is 138 Å². The van der Waals surface area contributed by atoms with E-state index in [4.69, 9.17) is 4.74 Å². The lowest BCUT2D eigenvalue weighted by molar-refractivity contribution is -0.144. The van der Waals surface area contributed by atoms with E-state index >= 15 is 0 Å². The van der Waals surface area contributed by atoms with Crippen LogP contribution in [-0.4, -0.2) is 45.8 Å². The van der Waals surface area contributed by atoms with Crippen LogP contribution in [0.5, 0.6) is 0 Å². The van der Waals surface area contributed by atoms with Crippen molar-refractivity contribution in [2.24, 2.45) is 0 Å². The van der Waals surface area contributed by atoms with Gasteiger partial charge in [0.2, 0.25) is 0 Å². The van der Waals surface area contributed by atoms with Gasteiger partial charge in [-0.25, -0.2) is 9.07 Å². The number of aromatic nitrogens is 2. The summed E-state index contributed by atoms with van der Waals surface area (Å²) in [6.07, 6.45) is 3.25. The van der Waals surface area contributed by atoms with Crippen LogP contribution in [0.15, 0.2) is 36.5 Å². The van der Waals surface area contributed by atoms with Gasteiger partial charge in [0.25, 0.3) is 5.91 Å². The topological polar surface area (TPSA) is 64.4 Å². The number of amides is 1. The summed E-state index contributed by atoms with van der Waals surface area (Å²) in [5.74, 6) is -1.21. The molecule has 1 aromatic carbocycles. The minimum Gasteiger partial charge on any atom is -0.465 e. The molecule has 1 heterocycles. The number of rotatable bonds is 6. The molecule has 126 valence electrons. The van der Waals surface area contributed by atoms with E-state index in [1.807, 2.05) is 0 Å². The third-order valence-corrected chi connectivity index (χ3v) is 3.76. The van der Waals surface area contributed by atoms with Crippen molar-refractivity contribution in [2.45, 2.75) is 25.8 Å². The number of ether oxygens (including phenoxy) is 1. The monoisotopic (exact) mass is 331 g/mol. The second kappa shape index (κ2) is 6.82. The number of hydrogen-bond donors (Lipinski definition) is 0. The quantitative estimate of drug-likeness (QED) is 0.761. The minimum atomic E-state index is -0.439. The predicted molar refractivity (Wildman–Crippen MR) is 84.2 cm³/mol. The number of carbonyl (C=O) groups is 2. The Hall–Kier alpha value is -2.70. The van der Waals surface area contributed by atoms with Crippen molar-refractivity contribution in [3.8, 4) is 5.69 Å². The van der Waals surface area contributed by atoms with Gasteiger partial charge in [-0.15, -0.1) is 0 Å². The molecule has 0 radical (unpaired) electrons. The lowest BCUT2D eigenvalue weighted by Gasteiger charge is -2.20. The van der Waals surface area contributed by atoms with Crippen molar-refractivity contribution >= 4 is 11.9 Å². The molecule has 1 saturated carbocycles. The lowest BCUT2D eigenvalue weighted by Crippen LogP contribution is -2.38. The molecule has 0 aliphatic heterocycles. The average Bonchev–Trinajstić information content (AvgIpc) is 3.29. The Kier molecular flexibility index (Phi) is 4.59. The van der Waals surface area contributed by atoms with Gasteiger partial charge in [-0.1, -0.05) is 12.1 Å². The van der Waals surface area contributed by atoms with E-state index in [9.17, 15) is 14.0 Å². The van der Waals surface area contributed by atoms with E-state index in [-0.39, 0.29) is 36.5 Å². The third-order valence-electron chi connectivity index (χ3n) is 3.76. The van der Waals surface area contributed by atoms with Crippen molar-refractivity contribution in [1.29, 1.82) is 0 Å². The zero-order valence-corrected chi connectivity index (χ0v) is 13.3. The number of halogens is 1. The van der Waals surface area contributed by atoms with E-state index in [0.717, 1.165) is 12.8 Å². The van der Waals surface area contributed by atoms with Crippen LogP contribution >= 0.6 is 0 Å². The van der Waals surface area contributed by atoms with Crippen LogP contribution in [0.4, 0.5) is 4.39 Å². The highest BCUT2D eigenvalue weighted by atomic mass is 19.1. The van der Waals surface area contributed by atoms with Gasteiger partial charge in [-0.05, 0) is 38.0 Å². The maximum Gasteiger partial charge on any atom is 0.325 e. The first-order valence-corrected chi connectivity index (χ1v) is 7.87. The summed E-state index contributed by atoms with van der Waals surface area (Å²) in [4.78, 5) is 25.8. The van der Waals surface area contributed by atoms with Crippen molar-refractivity contribution in [1.82, 2.24) is 14.7 Å². The molecule has 1 aromatic heterocycles. The Morgan fingerprint density at radius 2 is 2.08 bits per heavy atom. The van der Waals surface area contributed by atoms with Crippen molar-refractivity contribution in [3.63, 3.8) is 0 Å². The molecule has 1 fully saturated rings. The van der Waals surface area contributed by atoms with Crippen molar-refractivity contribution in [2.75, 3.05) is 13.2 Å². The molecule has 0 saturated heterocycles. The van der Waals surface area contributed by atoms with Gasteiger partial charge in [0.05, 0.1) is 6.61 Å². The molecular weight excluding hydrogens is 313 g/mol. The summed E-state index contributed by atoms with van der Waals surface area (Å²) in [6.45, 7) is 1.90. The number of benzene rings is 1. The molecule has 6 nitrogen and oxygen atoms in total. The third kappa shape index (κ3) is 3.45. The van der Waals surface area contributed by atoms with Crippen molar-refractivity contribution < 1.29 is 18.7 Å². The molecule has 1 aliphatic carbocycles. The second-order valence-electron chi connectivity index (χ2n) is 5.57. The molecule has 1 amide bonds. The maximum atomic E-state index is 13.8. The summed E-state index contributed by atoms with van der Waals surface area (Å²) in [5.41, 5.74) is 0.439. The first-order valence-electron chi connectivity index (χ1n) is 7.87. The van der Waals surface area contributed by atoms with Gasteiger partial charge in [0.1, 0.15) is 18.0 Å². The van der Waals surface area contributed by atoms with E-state index in [2.05, 4.69) is 5.10 Å². The van der Waals surface area contributed by atoms with Gasteiger partial charge >= 0.3 is 5.97 Å². The molecule has 0 spiro atoms. The van der Waals surface area contributed by atoms with Gasteiger partial charge in [0, 0.05) is 12.2 Å². The predicted octanol–water partition coefficient (Wildman–Crippen LogP) is 2.18. The van der Waals surface area contributed by atoms with Crippen molar-refractivity contribution in [3.05, 3.63) is 48.0 Å². The van der Waals surface area contributed by atoms with Gasteiger partial charge < -0.3 is 9.64 Å². The van der Waals surface area contributed by atoms with E-state index in [1.54, 1.807) is 25.1 Å². The summed E-state index contributed by atoms with van der Waals surface area (Å²) >= 11 is 0. The lowest BCUT2D eigenvalue weighted by atomic mass is 10.3. The molecule has 3 rings (SSSR count). The zero-order chi connectivity index (χ0) is 17.1. The molecule has 1 aliphatic rings. The molecule has 0 bridgehead atoms. The molecular formula is C17H18FN3O3. The summed E-state index contributed by atoms with van der Waals surface area (Å²) in [6, 6.07) is 7.75. The highest BCUT2D eigenvalue weighted by molar-refractivity contribution is 5.94. The Bertz CT molecular complexity index is 755. The van der Waals surface area contributed by atoms with Crippen LogP contribution in [0.25, 0.3) is 5.69 Å². The molecule has 7 heteroatoms. The average molecular weight is 331 g/mol. The van der Waals surface area contributed by atoms with E-state index in [0.29, 0.717) is 0 Å². The standard InChI is InChI=1S/C17H18FN3O3/c1-2-24-16(22)11-20(12-7-8-12)17(23)14-9-10-21(19-14)15-6-4-3-5-13(15)18/h3-6,9-10,12H,2,7-8,11H2,1H3. The first kappa shape index (κ1) is 16.2. The van der Waals surface area contributed by atoms with Crippen LogP contribution in [0.2, 0.25) is 0 Å². The Morgan fingerprint density at radius 1 is 1.33 bits per heavy atom. The van der Waals surface area contributed by atoms with Gasteiger partial charge in [-0.2, -0.15) is 5.10 Å². The fourth-order valence-electron chi connectivity index (χ4n) is 2.46. The molecule has 0 N–H and O–H groups in total. The first-order chi connectivity index (χ1) is 11.6. The second-order valence-corrected chi connectivity index (χ2v) is 5.57. The van der Waals surface area contributed by atoms with Crippen LogP contribution in [0, 0.1) is 5.82 Å². The summed E-state index contributed by atoms with van der Waals surface area (Å²) < 4.78 is 20.1. The highest BCUT2D eigenvalue weighted by Gasteiger charge is 2.35. The summed E-state index contributed by atoms with van der Waals surface area (Å²) in [5, 5.41) is 4.16. The molecule has 24 heavy (non-hydrogen) atoms. The van der Waals surface area contributed by atoms with Gasteiger partial charge in [0.15, 0.2) is 5.69 Å². The minimum absolute atomic E-state index is 0.0421. The maximum absolute atomic E-state index is 13.8. The molecule has 0 atom stereocenters. The van der Waals surface area contributed by atoms with Gasteiger partial charge in [-0.3, -0.25) is 9.59 Å². The smallest absolute Gasteiger partial charge is 0.325 e. The normalized spacial score (nSPS) is 13.6. The zero-order valence-electron chi connectivity index (χ0n) is 13.3. The number of esters is 1. The fourth-order valence-corrected chi connectivity index (χ4v) is 2.46. The molecule has 0 unspecified atom stereocenters. The fraction of sp³-hybridized carbons (Fsp3) is 0.353. The van der Waals surface area contributed by atoms with E-state index in [1.165, 1.54) is 27.9 Å². The van der Waals surface area contributed by atoms with Crippen LogP contribution < -0.4 is 0 Å². The number of para-hydroxylation sites is 1. The summed E-state index contributed by atoms with van der Waals surface area (Å²) in [7, 11) is 0. The Morgan fingerprint density at radius 3 is 2.75 bits per heavy atom. The largest absolute Gasteiger partial charge is 0.465 e.